The highest BCUT2D eigenvalue weighted by Gasteiger charge is 2.22. The van der Waals surface area contributed by atoms with Crippen molar-refractivity contribution in [3.63, 3.8) is 0 Å². The zero-order valence-electron chi connectivity index (χ0n) is 13.7. The number of carbonyl (C=O) groups excluding carboxylic acids is 2. The van der Waals surface area contributed by atoms with Crippen LogP contribution in [0, 0.1) is 0 Å². The topological polar surface area (TPSA) is 158 Å². The minimum absolute atomic E-state index is 0.139. The first-order valence-electron chi connectivity index (χ1n) is 7.23. The lowest BCUT2D eigenvalue weighted by Crippen LogP contribution is -2.27. The summed E-state index contributed by atoms with van der Waals surface area (Å²) in [6.45, 7) is 0.335. The summed E-state index contributed by atoms with van der Waals surface area (Å²) in [6.07, 6.45) is -2.04. The number of carbonyl (C=O) groups is 3. The average Bonchev–Trinajstić information content (AvgIpc) is 2.59. The molecule has 1 rings (SSSR count). The number of aliphatic carboxylic acids is 1. The van der Waals surface area contributed by atoms with Crippen LogP contribution in [0.5, 0.6) is 5.75 Å². The fourth-order valence-corrected chi connectivity index (χ4v) is 2.28. The number of para-hydroxylation sites is 1. The van der Waals surface area contributed by atoms with Gasteiger partial charge in [-0.2, -0.15) is 0 Å². The second-order valence-corrected chi connectivity index (χ2v) is 6.40. The lowest BCUT2D eigenvalue weighted by atomic mass is 10.2. The minimum Gasteiger partial charge on any atom is -0.493 e. The molecule has 0 aliphatic heterocycles. The van der Waals surface area contributed by atoms with E-state index in [1.165, 1.54) is 6.07 Å². The number of esters is 1. The van der Waals surface area contributed by atoms with Gasteiger partial charge in [0.1, 0.15) is 17.6 Å². The normalized spacial score (nSPS) is 12.5. The van der Waals surface area contributed by atoms with Crippen LogP contribution in [0.15, 0.2) is 24.3 Å². The SMILES string of the molecule is CCOc1ccccc1C(=O)OCOC(=O)NCP(=O)(O)OCC(=O)O. The second-order valence-electron chi connectivity index (χ2n) is 4.55. The predicted molar refractivity (Wildman–Crippen MR) is 85.8 cm³/mol. The summed E-state index contributed by atoms with van der Waals surface area (Å²) in [4.78, 5) is 42.8. The summed E-state index contributed by atoms with van der Waals surface area (Å²) < 4.78 is 30.1. The van der Waals surface area contributed by atoms with E-state index in [4.69, 9.17) is 14.6 Å². The van der Waals surface area contributed by atoms with Crippen LogP contribution in [0.3, 0.4) is 0 Å². The summed E-state index contributed by atoms with van der Waals surface area (Å²) in [5.41, 5.74) is 0.139. The van der Waals surface area contributed by atoms with E-state index in [-0.39, 0.29) is 5.56 Å². The van der Waals surface area contributed by atoms with Gasteiger partial charge in [0.2, 0.25) is 6.79 Å². The van der Waals surface area contributed by atoms with E-state index in [2.05, 4.69) is 9.26 Å². The van der Waals surface area contributed by atoms with Crippen LogP contribution in [0.1, 0.15) is 17.3 Å². The van der Waals surface area contributed by atoms with Gasteiger partial charge >= 0.3 is 25.6 Å². The molecule has 0 spiro atoms. The lowest BCUT2D eigenvalue weighted by Gasteiger charge is -2.12. The predicted octanol–water partition coefficient (Wildman–Crippen LogP) is 1.17. The molecule has 3 N–H and O–H groups in total. The number of nitrogens with one attached hydrogen (secondary N) is 1. The summed E-state index contributed by atoms with van der Waals surface area (Å²) in [5.74, 6) is -1.93. The van der Waals surface area contributed by atoms with E-state index >= 15 is 0 Å². The van der Waals surface area contributed by atoms with E-state index in [0.29, 0.717) is 12.4 Å². The maximum Gasteiger partial charge on any atom is 0.410 e. The number of alkyl carbamates (subject to hydrolysis) is 1. The number of benzene rings is 1. The van der Waals surface area contributed by atoms with Crippen LogP contribution in [0.4, 0.5) is 4.79 Å². The van der Waals surface area contributed by atoms with Crippen molar-refractivity contribution in [2.45, 2.75) is 6.92 Å². The number of carboxylic acid groups (broad SMARTS) is 1. The highest BCUT2D eigenvalue weighted by atomic mass is 31.2. The summed E-state index contributed by atoms with van der Waals surface area (Å²) >= 11 is 0. The van der Waals surface area contributed by atoms with Crippen LogP contribution < -0.4 is 10.1 Å². The second kappa shape index (κ2) is 10.4. The fourth-order valence-electron chi connectivity index (χ4n) is 1.55. The molecular weight excluding hydrogens is 373 g/mol. The van der Waals surface area contributed by atoms with Crippen molar-refractivity contribution in [2.75, 3.05) is 26.3 Å². The maximum atomic E-state index is 11.9. The van der Waals surface area contributed by atoms with E-state index < -0.39 is 45.3 Å². The van der Waals surface area contributed by atoms with Gasteiger partial charge in [0.15, 0.2) is 6.61 Å². The molecule has 11 nitrogen and oxygen atoms in total. The minimum atomic E-state index is -4.33. The Hall–Kier alpha value is -2.62. The Balaban J connectivity index is 2.39. The van der Waals surface area contributed by atoms with Crippen molar-refractivity contribution >= 4 is 25.6 Å². The van der Waals surface area contributed by atoms with Gasteiger partial charge in [-0.05, 0) is 19.1 Å². The molecule has 1 atom stereocenters. The van der Waals surface area contributed by atoms with Crippen LogP contribution in [0.25, 0.3) is 0 Å². The Morgan fingerprint density at radius 2 is 1.88 bits per heavy atom. The molecule has 0 aromatic heterocycles. The smallest absolute Gasteiger partial charge is 0.410 e. The molecule has 0 radical (unpaired) electrons. The van der Waals surface area contributed by atoms with Crippen LogP contribution in [-0.4, -0.2) is 54.3 Å². The number of ether oxygens (including phenoxy) is 3. The molecule has 0 fully saturated rings. The molecule has 0 saturated heterocycles. The third-order valence-electron chi connectivity index (χ3n) is 2.60. The van der Waals surface area contributed by atoms with Gasteiger partial charge in [0.25, 0.3) is 0 Å². The van der Waals surface area contributed by atoms with Crippen molar-refractivity contribution in [1.82, 2.24) is 5.32 Å². The Morgan fingerprint density at radius 1 is 1.19 bits per heavy atom. The van der Waals surface area contributed by atoms with Gasteiger partial charge in [-0.15, -0.1) is 0 Å². The Labute approximate surface area is 148 Å². The summed E-state index contributed by atoms with van der Waals surface area (Å²) in [6, 6.07) is 6.31. The molecule has 0 bridgehead atoms. The summed E-state index contributed by atoms with van der Waals surface area (Å²) in [5, 5.41) is 10.2. The molecular formula is C14H18NO10P. The zero-order valence-corrected chi connectivity index (χ0v) is 14.6. The molecule has 0 aliphatic rings. The number of carboxylic acids is 1. The average molecular weight is 391 g/mol. The van der Waals surface area contributed by atoms with Gasteiger partial charge in [0.05, 0.1) is 6.61 Å². The monoisotopic (exact) mass is 391 g/mol. The molecule has 1 unspecified atom stereocenters. The van der Waals surface area contributed by atoms with Crippen molar-refractivity contribution in [2.24, 2.45) is 0 Å². The van der Waals surface area contributed by atoms with Gasteiger partial charge < -0.3 is 29.5 Å². The quantitative estimate of drug-likeness (QED) is 0.300. The van der Waals surface area contributed by atoms with Crippen molar-refractivity contribution in [3.8, 4) is 5.75 Å². The maximum absolute atomic E-state index is 11.9. The van der Waals surface area contributed by atoms with E-state index in [9.17, 15) is 23.8 Å². The fraction of sp³-hybridized carbons (Fsp3) is 0.357. The molecule has 1 aromatic rings. The third-order valence-corrected chi connectivity index (χ3v) is 3.69. The standard InChI is InChI=1S/C14H18NO10P/c1-2-22-11-6-4-3-5-10(11)13(18)23-9-24-14(19)15-8-26(20,21)25-7-12(16)17/h3-6H,2,7-9H2,1H3,(H,15,19)(H,16,17)(H,20,21). The molecule has 26 heavy (non-hydrogen) atoms. The van der Waals surface area contributed by atoms with Crippen molar-refractivity contribution in [1.29, 1.82) is 0 Å². The highest BCUT2D eigenvalue weighted by Crippen LogP contribution is 2.39. The summed E-state index contributed by atoms with van der Waals surface area (Å²) in [7, 11) is -4.33. The van der Waals surface area contributed by atoms with Crippen molar-refractivity contribution < 1.29 is 47.7 Å². The molecule has 0 aliphatic carbocycles. The zero-order chi connectivity index (χ0) is 19.6. The van der Waals surface area contributed by atoms with Gasteiger partial charge in [-0.1, -0.05) is 12.1 Å². The molecule has 12 heteroatoms. The van der Waals surface area contributed by atoms with E-state index in [1.807, 2.05) is 5.32 Å². The Kier molecular flexibility index (Phi) is 8.56. The van der Waals surface area contributed by atoms with Crippen LogP contribution in [-0.2, 0) is 23.4 Å². The first kappa shape index (κ1) is 21.4. The Bertz CT molecular complexity index is 692. The Morgan fingerprint density at radius 3 is 2.54 bits per heavy atom. The molecule has 144 valence electrons. The van der Waals surface area contributed by atoms with Crippen LogP contribution in [0.2, 0.25) is 0 Å². The lowest BCUT2D eigenvalue weighted by molar-refractivity contribution is -0.139. The van der Waals surface area contributed by atoms with Crippen molar-refractivity contribution in [3.05, 3.63) is 29.8 Å². The van der Waals surface area contributed by atoms with E-state index in [0.717, 1.165) is 0 Å². The van der Waals surface area contributed by atoms with E-state index in [1.54, 1.807) is 25.1 Å². The third kappa shape index (κ3) is 7.97. The first-order chi connectivity index (χ1) is 12.2. The highest BCUT2D eigenvalue weighted by molar-refractivity contribution is 7.52. The largest absolute Gasteiger partial charge is 0.493 e. The van der Waals surface area contributed by atoms with Gasteiger partial charge in [-0.25, -0.2) is 14.4 Å². The van der Waals surface area contributed by atoms with Crippen LogP contribution >= 0.6 is 7.60 Å². The number of rotatable bonds is 10. The molecule has 1 amide bonds. The number of hydrogen-bond donors (Lipinski definition) is 3. The van der Waals surface area contributed by atoms with Gasteiger partial charge in [-0.3, -0.25) is 9.09 Å². The number of hydrogen-bond acceptors (Lipinski definition) is 8. The molecule has 0 saturated carbocycles. The molecule has 0 heterocycles. The molecule has 1 aromatic carbocycles. The van der Waals surface area contributed by atoms with Gasteiger partial charge in [0, 0.05) is 0 Å². The first-order valence-corrected chi connectivity index (χ1v) is 8.99. The number of amides is 1.